The Hall–Kier alpha value is -1.30. The highest BCUT2D eigenvalue weighted by Gasteiger charge is 2.33. The molecule has 114 valence electrons. The lowest BCUT2D eigenvalue weighted by molar-refractivity contribution is -0.138. The van der Waals surface area contributed by atoms with Gasteiger partial charge in [0.1, 0.15) is 6.54 Å². The van der Waals surface area contributed by atoms with E-state index >= 15 is 0 Å². The highest BCUT2D eigenvalue weighted by Crippen LogP contribution is 2.25. The Balaban J connectivity index is 1.90. The number of aliphatic carboxylic acids is 1. The van der Waals surface area contributed by atoms with Crippen LogP contribution in [0.4, 0.5) is 4.79 Å². The maximum atomic E-state index is 12.3. The van der Waals surface area contributed by atoms with Gasteiger partial charge in [-0.1, -0.05) is 12.8 Å². The molecule has 1 saturated heterocycles. The maximum Gasteiger partial charge on any atom is 0.323 e. The summed E-state index contributed by atoms with van der Waals surface area (Å²) in [6.45, 7) is 2.92. The van der Waals surface area contributed by atoms with E-state index in [-0.39, 0.29) is 24.2 Å². The molecule has 2 fully saturated rings. The summed E-state index contributed by atoms with van der Waals surface area (Å²) >= 11 is 0. The summed E-state index contributed by atoms with van der Waals surface area (Å²) in [5.41, 5.74) is -0.305. The van der Waals surface area contributed by atoms with Crippen LogP contribution in [0.1, 0.15) is 45.4 Å². The Labute approximate surface area is 119 Å². The largest absolute Gasteiger partial charge is 0.480 e. The molecule has 1 heterocycles. The zero-order chi connectivity index (χ0) is 14.6. The van der Waals surface area contributed by atoms with Crippen molar-refractivity contribution in [1.82, 2.24) is 10.2 Å². The van der Waals surface area contributed by atoms with Crippen molar-refractivity contribution in [2.75, 3.05) is 19.7 Å². The number of urea groups is 1. The molecule has 0 bridgehead atoms. The summed E-state index contributed by atoms with van der Waals surface area (Å²) in [5.74, 6) is -0.963. The highest BCUT2D eigenvalue weighted by molar-refractivity contribution is 5.80. The zero-order valence-electron chi connectivity index (χ0n) is 12.1. The van der Waals surface area contributed by atoms with E-state index in [2.05, 4.69) is 5.32 Å². The molecular formula is C14H24N2O4. The minimum atomic E-state index is -0.963. The van der Waals surface area contributed by atoms with Crippen molar-refractivity contribution in [3.05, 3.63) is 0 Å². The first kappa shape index (κ1) is 15.1. The van der Waals surface area contributed by atoms with E-state index in [1.807, 2.05) is 6.92 Å². The molecule has 1 aliphatic carbocycles. The van der Waals surface area contributed by atoms with Gasteiger partial charge in [0.2, 0.25) is 0 Å². The molecule has 6 nitrogen and oxygen atoms in total. The average Bonchev–Trinajstić information content (AvgIpc) is 3.05. The lowest BCUT2D eigenvalue weighted by atomic mass is 10.0. The number of hydrogen-bond acceptors (Lipinski definition) is 3. The quantitative estimate of drug-likeness (QED) is 0.803. The van der Waals surface area contributed by atoms with Crippen LogP contribution in [0.2, 0.25) is 0 Å². The number of amides is 2. The molecule has 1 atom stereocenters. The van der Waals surface area contributed by atoms with Crippen LogP contribution in [0.25, 0.3) is 0 Å². The van der Waals surface area contributed by atoms with Gasteiger partial charge in [-0.25, -0.2) is 4.79 Å². The van der Waals surface area contributed by atoms with Crippen molar-refractivity contribution in [3.8, 4) is 0 Å². The fraction of sp³-hybridized carbons (Fsp3) is 0.857. The normalized spacial score (nSPS) is 26.6. The Morgan fingerprint density at radius 2 is 2.05 bits per heavy atom. The number of carbonyl (C=O) groups is 2. The molecule has 2 amide bonds. The van der Waals surface area contributed by atoms with E-state index in [1.54, 1.807) is 0 Å². The van der Waals surface area contributed by atoms with Gasteiger partial charge >= 0.3 is 12.0 Å². The number of carbonyl (C=O) groups excluding carboxylic acids is 1. The third kappa shape index (κ3) is 3.85. The van der Waals surface area contributed by atoms with Gasteiger partial charge in [-0.3, -0.25) is 4.79 Å². The number of nitrogens with one attached hydrogen (secondary N) is 1. The van der Waals surface area contributed by atoms with Crippen molar-refractivity contribution >= 4 is 12.0 Å². The molecule has 2 aliphatic rings. The number of ether oxygens (including phenoxy) is 1. The lowest BCUT2D eigenvalue weighted by Gasteiger charge is -2.30. The van der Waals surface area contributed by atoms with Crippen LogP contribution in [0.5, 0.6) is 0 Å². The molecule has 2 N–H and O–H groups in total. The highest BCUT2D eigenvalue weighted by atomic mass is 16.5. The van der Waals surface area contributed by atoms with Gasteiger partial charge in [-0.2, -0.15) is 0 Å². The topological polar surface area (TPSA) is 78.9 Å². The smallest absolute Gasteiger partial charge is 0.323 e. The van der Waals surface area contributed by atoms with Gasteiger partial charge < -0.3 is 20.1 Å². The maximum absolute atomic E-state index is 12.3. The van der Waals surface area contributed by atoms with Gasteiger partial charge in [-0.15, -0.1) is 0 Å². The Kier molecular flexibility index (Phi) is 4.86. The number of nitrogens with zero attached hydrogens (tertiary/aromatic N) is 1. The molecular weight excluding hydrogens is 260 g/mol. The summed E-state index contributed by atoms with van der Waals surface area (Å²) in [6, 6.07) is -0.223. The third-order valence-corrected chi connectivity index (χ3v) is 4.25. The second-order valence-corrected chi connectivity index (χ2v) is 6.02. The monoisotopic (exact) mass is 284 g/mol. The van der Waals surface area contributed by atoms with Crippen LogP contribution in [0.15, 0.2) is 0 Å². The van der Waals surface area contributed by atoms with Crippen LogP contribution >= 0.6 is 0 Å². The van der Waals surface area contributed by atoms with Gasteiger partial charge in [0.05, 0.1) is 5.60 Å². The number of carboxylic acids is 1. The molecule has 0 spiro atoms. The van der Waals surface area contributed by atoms with Crippen molar-refractivity contribution < 1.29 is 19.4 Å². The van der Waals surface area contributed by atoms with E-state index < -0.39 is 5.97 Å². The third-order valence-electron chi connectivity index (χ3n) is 4.25. The molecule has 0 aromatic heterocycles. The van der Waals surface area contributed by atoms with E-state index in [9.17, 15) is 9.59 Å². The average molecular weight is 284 g/mol. The SMILES string of the molecule is CC1(CNC(=O)N(CC(=O)O)C2CCCC2)CCCO1. The number of hydrogen-bond donors (Lipinski definition) is 2. The molecule has 2 rings (SSSR count). The molecule has 6 heteroatoms. The first-order valence-corrected chi connectivity index (χ1v) is 7.40. The van der Waals surface area contributed by atoms with Crippen LogP contribution in [0.3, 0.4) is 0 Å². The minimum Gasteiger partial charge on any atom is -0.480 e. The van der Waals surface area contributed by atoms with E-state index in [0.717, 1.165) is 45.1 Å². The fourth-order valence-corrected chi connectivity index (χ4v) is 3.07. The van der Waals surface area contributed by atoms with E-state index in [4.69, 9.17) is 9.84 Å². The zero-order valence-corrected chi connectivity index (χ0v) is 12.1. The van der Waals surface area contributed by atoms with Crippen molar-refractivity contribution in [2.24, 2.45) is 0 Å². The molecule has 0 aromatic rings. The summed E-state index contributed by atoms with van der Waals surface area (Å²) in [5, 5.41) is 11.8. The van der Waals surface area contributed by atoms with Crippen molar-refractivity contribution in [1.29, 1.82) is 0 Å². The molecule has 1 aliphatic heterocycles. The summed E-state index contributed by atoms with van der Waals surface area (Å²) in [4.78, 5) is 24.7. The van der Waals surface area contributed by atoms with Crippen molar-refractivity contribution in [3.63, 3.8) is 0 Å². The predicted molar refractivity (Wildman–Crippen MR) is 73.6 cm³/mol. The lowest BCUT2D eigenvalue weighted by Crippen LogP contribution is -2.51. The van der Waals surface area contributed by atoms with Crippen LogP contribution in [-0.2, 0) is 9.53 Å². The summed E-state index contributed by atoms with van der Waals surface area (Å²) in [7, 11) is 0. The first-order valence-electron chi connectivity index (χ1n) is 7.40. The van der Waals surface area contributed by atoms with Crippen molar-refractivity contribution in [2.45, 2.75) is 57.1 Å². The first-order chi connectivity index (χ1) is 9.50. The molecule has 0 radical (unpaired) electrons. The van der Waals surface area contributed by atoms with Crippen LogP contribution in [0, 0.1) is 0 Å². The van der Waals surface area contributed by atoms with Crippen LogP contribution < -0.4 is 5.32 Å². The van der Waals surface area contributed by atoms with Gasteiger partial charge in [0.15, 0.2) is 0 Å². The second-order valence-electron chi connectivity index (χ2n) is 6.02. The molecule has 1 unspecified atom stereocenters. The summed E-state index contributed by atoms with van der Waals surface area (Å²) < 4.78 is 5.63. The number of carboxylic acid groups (broad SMARTS) is 1. The van der Waals surface area contributed by atoms with E-state index in [1.165, 1.54) is 4.90 Å². The molecule has 1 saturated carbocycles. The Bertz CT molecular complexity index is 360. The van der Waals surface area contributed by atoms with E-state index in [0.29, 0.717) is 6.54 Å². The second kappa shape index (κ2) is 6.43. The molecule has 20 heavy (non-hydrogen) atoms. The van der Waals surface area contributed by atoms with Gasteiger partial charge in [-0.05, 0) is 32.6 Å². The van der Waals surface area contributed by atoms with Gasteiger partial charge in [0.25, 0.3) is 0 Å². The Morgan fingerprint density at radius 3 is 2.60 bits per heavy atom. The Morgan fingerprint density at radius 1 is 1.35 bits per heavy atom. The summed E-state index contributed by atoms with van der Waals surface area (Å²) in [6.07, 6.45) is 5.86. The molecule has 0 aromatic carbocycles. The number of rotatable bonds is 5. The fourth-order valence-electron chi connectivity index (χ4n) is 3.07. The van der Waals surface area contributed by atoms with Crippen LogP contribution in [-0.4, -0.2) is 53.3 Å². The minimum absolute atomic E-state index is 0.0587. The predicted octanol–water partition coefficient (Wildman–Crippen LogP) is 1.59. The standard InChI is InChI=1S/C14H24N2O4/c1-14(7-4-8-20-14)10-15-13(19)16(9-12(17)18)11-5-2-3-6-11/h11H,2-10H2,1H3,(H,15,19)(H,17,18). The van der Waals surface area contributed by atoms with Gasteiger partial charge in [0, 0.05) is 19.2 Å².